The van der Waals surface area contributed by atoms with Crippen LogP contribution in [0.4, 0.5) is 0 Å². The maximum Gasteiger partial charge on any atom is 0.266 e. The number of thioether (sulfide) groups is 1. The number of nitrogens with one attached hydrogen (secondary N) is 1. The summed E-state index contributed by atoms with van der Waals surface area (Å²) in [5.41, 5.74) is 2.10. The quantitative estimate of drug-likeness (QED) is 0.520. The molecule has 1 N–H and O–H groups in total. The summed E-state index contributed by atoms with van der Waals surface area (Å²) in [6.07, 6.45) is 9.55. The van der Waals surface area contributed by atoms with Crippen LogP contribution in [0.1, 0.15) is 51.0 Å². The molecule has 2 fully saturated rings. The summed E-state index contributed by atoms with van der Waals surface area (Å²) in [6.45, 7) is 2.47. The highest BCUT2D eigenvalue weighted by atomic mass is 32.2. The van der Waals surface area contributed by atoms with Gasteiger partial charge in [-0.25, -0.2) is 0 Å². The number of rotatable bonds is 7. The summed E-state index contributed by atoms with van der Waals surface area (Å²) in [5.74, 6) is 0.0153. The molecular weight excluding hydrogens is 388 g/mol. The van der Waals surface area contributed by atoms with Crippen LogP contribution >= 0.6 is 24.0 Å². The van der Waals surface area contributed by atoms with Gasteiger partial charge in [-0.05, 0) is 43.4 Å². The smallest absolute Gasteiger partial charge is 0.266 e. The van der Waals surface area contributed by atoms with Crippen molar-refractivity contribution in [2.24, 2.45) is 0 Å². The molecule has 6 heteroatoms. The predicted octanol–water partition coefficient (Wildman–Crippen LogP) is 4.67. The van der Waals surface area contributed by atoms with Crippen molar-refractivity contribution in [3.8, 4) is 0 Å². The summed E-state index contributed by atoms with van der Waals surface area (Å²) in [4.78, 5) is 27.0. The number of nitrogens with zero attached hydrogens (tertiary/aromatic N) is 1. The molecule has 0 bridgehead atoms. The van der Waals surface area contributed by atoms with E-state index in [-0.39, 0.29) is 11.8 Å². The highest BCUT2D eigenvalue weighted by molar-refractivity contribution is 8.26. The van der Waals surface area contributed by atoms with Gasteiger partial charge in [0.25, 0.3) is 5.91 Å². The van der Waals surface area contributed by atoms with Gasteiger partial charge in [0.05, 0.1) is 4.91 Å². The summed E-state index contributed by atoms with van der Waals surface area (Å²) in [5, 5.41) is 3.09. The van der Waals surface area contributed by atoms with Crippen LogP contribution in [0, 0.1) is 0 Å². The molecular formula is C22H26N2O2S2. The highest BCUT2D eigenvalue weighted by Gasteiger charge is 2.31. The Hall–Kier alpha value is -1.92. The fraction of sp³-hybridized carbons (Fsp3) is 0.409. The van der Waals surface area contributed by atoms with Gasteiger partial charge in [-0.1, -0.05) is 73.2 Å². The van der Waals surface area contributed by atoms with Crippen LogP contribution < -0.4 is 5.32 Å². The summed E-state index contributed by atoms with van der Waals surface area (Å²) in [7, 11) is 0. The lowest BCUT2D eigenvalue weighted by Gasteiger charge is -2.15. The fourth-order valence-corrected chi connectivity index (χ4v) is 4.88. The molecule has 1 saturated heterocycles. The van der Waals surface area contributed by atoms with Crippen molar-refractivity contribution in [3.63, 3.8) is 0 Å². The first-order chi connectivity index (χ1) is 13.5. The molecule has 28 heavy (non-hydrogen) atoms. The molecule has 0 unspecified atom stereocenters. The molecule has 0 aromatic heterocycles. The average molecular weight is 415 g/mol. The van der Waals surface area contributed by atoms with E-state index in [0.717, 1.165) is 24.0 Å². The van der Waals surface area contributed by atoms with Gasteiger partial charge in [-0.15, -0.1) is 0 Å². The number of benzene rings is 1. The van der Waals surface area contributed by atoms with E-state index in [1.54, 1.807) is 4.90 Å². The number of hydrogen-bond acceptors (Lipinski definition) is 4. The SMILES string of the molecule is CC(=Cc1ccccc1)C=C1SC(=S)N(CCCC(=O)NC2CCCC2)C1=O. The first kappa shape index (κ1) is 20.8. The standard InChI is InChI=1S/C22H26N2O2S2/c1-16(14-17-8-3-2-4-9-17)15-19-21(26)24(22(27)28-19)13-7-12-20(25)23-18-10-5-6-11-18/h2-4,8-9,14-15,18H,5-7,10-13H2,1H3,(H,23,25). The van der Waals surface area contributed by atoms with E-state index in [0.29, 0.717) is 34.7 Å². The molecule has 1 saturated carbocycles. The topological polar surface area (TPSA) is 49.4 Å². The van der Waals surface area contributed by atoms with Crippen LogP contribution in [-0.4, -0.2) is 33.6 Å². The fourth-order valence-electron chi connectivity index (χ4n) is 3.52. The Bertz CT molecular complexity index is 796. The highest BCUT2D eigenvalue weighted by Crippen LogP contribution is 2.32. The predicted molar refractivity (Wildman–Crippen MR) is 120 cm³/mol. The van der Waals surface area contributed by atoms with Crippen molar-refractivity contribution in [3.05, 3.63) is 52.4 Å². The van der Waals surface area contributed by atoms with E-state index < -0.39 is 0 Å². The average Bonchev–Trinajstić information content (AvgIpc) is 3.26. The van der Waals surface area contributed by atoms with Gasteiger partial charge in [0, 0.05) is 19.0 Å². The number of thiocarbonyl (C=S) groups is 1. The van der Waals surface area contributed by atoms with Gasteiger partial charge in [-0.3, -0.25) is 14.5 Å². The summed E-state index contributed by atoms with van der Waals surface area (Å²) in [6, 6.07) is 10.3. The number of amides is 2. The van der Waals surface area contributed by atoms with Crippen LogP contribution in [0.15, 0.2) is 46.9 Å². The molecule has 0 radical (unpaired) electrons. The second kappa shape index (κ2) is 10.0. The minimum Gasteiger partial charge on any atom is -0.353 e. The van der Waals surface area contributed by atoms with Crippen molar-refractivity contribution >= 4 is 46.2 Å². The Morgan fingerprint density at radius 3 is 2.71 bits per heavy atom. The lowest BCUT2D eigenvalue weighted by molar-refractivity contribution is -0.124. The Morgan fingerprint density at radius 1 is 1.29 bits per heavy atom. The molecule has 1 heterocycles. The molecule has 1 aliphatic carbocycles. The molecule has 3 rings (SSSR count). The van der Waals surface area contributed by atoms with E-state index in [2.05, 4.69) is 5.32 Å². The Labute approximate surface area is 176 Å². The molecule has 0 spiro atoms. The molecule has 1 aromatic rings. The van der Waals surface area contributed by atoms with Gasteiger partial charge >= 0.3 is 0 Å². The number of allylic oxidation sites excluding steroid dienone is 2. The third kappa shape index (κ3) is 5.79. The molecule has 0 atom stereocenters. The van der Waals surface area contributed by atoms with Gasteiger partial charge in [0.1, 0.15) is 4.32 Å². The zero-order chi connectivity index (χ0) is 19.9. The molecule has 4 nitrogen and oxygen atoms in total. The zero-order valence-electron chi connectivity index (χ0n) is 16.1. The van der Waals surface area contributed by atoms with E-state index in [1.165, 1.54) is 24.6 Å². The minimum absolute atomic E-state index is 0.0630. The van der Waals surface area contributed by atoms with Crippen LogP contribution in [0.2, 0.25) is 0 Å². The van der Waals surface area contributed by atoms with E-state index in [1.807, 2.05) is 49.4 Å². The second-order valence-corrected chi connectivity index (χ2v) is 8.96. The van der Waals surface area contributed by atoms with Crippen molar-refractivity contribution in [2.45, 2.75) is 51.5 Å². The number of hydrogen-bond donors (Lipinski definition) is 1. The van der Waals surface area contributed by atoms with Gasteiger partial charge in [0.15, 0.2) is 0 Å². The molecule has 2 aliphatic rings. The van der Waals surface area contributed by atoms with Crippen molar-refractivity contribution < 1.29 is 9.59 Å². The first-order valence-electron chi connectivity index (χ1n) is 9.81. The zero-order valence-corrected chi connectivity index (χ0v) is 17.8. The third-order valence-electron chi connectivity index (χ3n) is 4.93. The van der Waals surface area contributed by atoms with Crippen LogP contribution in [-0.2, 0) is 9.59 Å². The Morgan fingerprint density at radius 2 is 2.00 bits per heavy atom. The summed E-state index contributed by atoms with van der Waals surface area (Å²) >= 11 is 6.71. The second-order valence-electron chi connectivity index (χ2n) is 7.28. The summed E-state index contributed by atoms with van der Waals surface area (Å²) < 4.78 is 0.569. The number of carbonyl (C=O) groups is 2. The largest absolute Gasteiger partial charge is 0.353 e. The van der Waals surface area contributed by atoms with E-state index >= 15 is 0 Å². The van der Waals surface area contributed by atoms with Crippen LogP contribution in [0.3, 0.4) is 0 Å². The molecule has 148 valence electrons. The van der Waals surface area contributed by atoms with E-state index in [9.17, 15) is 9.59 Å². The lowest BCUT2D eigenvalue weighted by Crippen LogP contribution is -2.34. The van der Waals surface area contributed by atoms with Crippen molar-refractivity contribution in [2.75, 3.05) is 6.54 Å². The van der Waals surface area contributed by atoms with Gasteiger partial charge < -0.3 is 5.32 Å². The molecule has 1 aliphatic heterocycles. The third-order valence-corrected chi connectivity index (χ3v) is 6.31. The maximum absolute atomic E-state index is 12.7. The normalized spacial score (nSPS) is 19.7. The Kier molecular flexibility index (Phi) is 7.45. The van der Waals surface area contributed by atoms with Crippen LogP contribution in [0.5, 0.6) is 0 Å². The lowest BCUT2D eigenvalue weighted by atomic mass is 10.1. The Balaban J connectivity index is 1.51. The van der Waals surface area contributed by atoms with Gasteiger partial charge in [-0.2, -0.15) is 0 Å². The van der Waals surface area contributed by atoms with Gasteiger partial charge in [0.2, 0.25) is 5.91 Å². The van der Waals surface area contributed by atoms with E-state index in [4.69, 9.17) is 12.2 Å². The molecule has 2 amide bonds. The molecule has 1 aromatic carbocycles. The first-order valence-corrected chi connectivity index (χ1v) is 11.0. The van der Waals surface area contributed by atoms with Crippen molar-refractivity contribution in [1.29, 1.82) is 0 Å². The number of carbonyl (C=O) groups excluding carboxylic acids is 2. The monoisotopic (exact) mass is 414 g/mol. The maximum atomic E-state index is 12.7. The minimum atomic E-state index is -0.0630. The van der Waals surface area contributed by atoms with Crippen LogP contribution in [0.25, 0.3) is 6.08 Å². The van der Waals surface area contributed by atoms with Crippen molar-refractivity contribution in [1.82, 2.24) is 10.2 Å².